The first-order valence-electron chi connectivity index (χ1n) is 33.2. The molecule has 0 saturated heterocycles. The molecule has 0 aliphatic rings. The van der Waals surface area contributed by atoms with Gasteiger partial charge in [-0.15, -0.1) is 0 Å². The van der Waals surface area contributed by atoms with Gasteiger partial charge in [0.25, 0.3) is 0 Å². The molecule has 4 heterocycles. The van der Waals surface area contributed by atoms with Crippen molar-refractivity contribution in [3.63, 3.8) is 0 Å². The fourth-order valence-electron chi connectivity index (χ4n) is 15.3. The number of fused-ring (bicyclic) bond motifs is 12. The van der Waals surface area contributed by atoms with E-state index in [1.165, 1.54) is 132 Å². The lowest BCUT2D eigenvalue weighted by Gasteiger charge is -2.37. The Morgan fingerprint density at radius 2 is 0.344 bits per heavy atom. The van der Waals surface area contributed by atoms with Crippen LogP contribution >= 0.6 is 0 Å². The standard InChI is InChI=1S/C89H80N4/c1-85(2,3)61-37-49-81-73(53-61)69-21-13-17-25-77(69)90(81)65-41-29-57(30-42-65)89(58-31-43-66(44-32-58)91-78-26-18-14-22-70(78)74-54-62(86(4,5)6)38-50-82(74)91,59-33-45-67(46-34-59)92-79-27-19-15-23-71(79)75-55-63(87(7,8)9)39-51-83(75)92)60-35-47-68(48-36-60)93-80-28-20-16-24-72(80)76-56-64(88(10,11)12)40-52-84(76)93/h13-56H,1-12H3. The van der Waals surface area contributed by atoms with Crippen molar-refractivity contribution >= 4 is 87.2 Å². The third-order valence-electron chi connectivity index (χ3n) is 20.4. The minimum absolute atomic E-state index is 0.00972. The summed E-state index contributed by atoms with van der Waals surface area (Å²) >= 11 is 0. The summed E-state index contributed by atoms with van der Waals surface area (Å²) in [5.74, 6) is 0. The minimum Gasteiger partial charge on any atom is -0.309 e. The largest absolute Gasteiger partial charge is 0.309 e. The maximum atomic E-state index is 2.46. The molecule has 16 rings (SSSR count). The first kappa shape index (κ1) is 58.0. The molecule has 93 heavy (non-hydrogen) atoms. The summed E-state index contributed by atoms with van der Waals surface area (Å²) < 4.78 is 9.85. The van der Waals surface area contributed by atoms with Crippen molar-refractivity contribution in [3.8, 4) is 22.7 Å². The molecule has 0 aliphatic heterocycles. The van der Waals surface area contributed by atoms with Crippen LogP contribution in [0, 0.1) is 0 Å². The highest BCUT2D eigenvalue weighted by atomic mass is 15.0. The van der Waals surface area contributed by atoms with Crippen LogP contribution in [0.15, 0.2) is 267 Å². The van der Waals surface area contributed by atoms with Crippen LogP contribution in [-0.2, 0) is 27.1 Å². The Bertz CT molecular complexity index is 4910. The first-order chi connectivity index (χ1) is 44.6. The Morgan fingerprint density at radius 3 is 0.538 bits per heavy atom. The lowest BCUT2D eigenvalue weighted by molar-refractivity contribution is 0.591. The van der Waals surface area contributed by atoms with Gasteiger partial charge in [-0.25, -0.2) is 0 Å². The topological polar surface area (TPSA) is 19.7 Å². The fourth-order valence-corrected chi connectivity index (χ4v) is 15.3. The lowest BCUT2D eigenvalue weighted by Crippen LogP contribution is -2.31. The van der Waals surface area contributed by atoms with Gasteiger partial charge in [0.2, 0.25) is 0 Å². The van der Waals surface area contributed by atoms with Gasteiger partial charge in [-0.1, -0.05) is 229 Å². The van der Waals surface area contributed by atoms with Crippen LogP contribution in [-0.4, -0.2) is 18.3 Å². The summed E-state index contributed by atoms with van der Waals surface area (Å²) in [6, 6.07) is 102. The van der Waals surface area contributed by atoms with E-state index in [-0.39, 0.29) is 21.7 Å². The van der Waals surface area contributed by atoms with Gasteiger partial charge in [-0.2, -0.15) is 0 Å². The molecule has 4 aromatic heterocycles. The van der Waals surface area contributed by atoms with Gasteiger partial charge in [0.1, 0.15) is 0 Å². The number of hydrogen-bond acceptors (Lipinski definition) is 0. The second-order valence-corrected chi connectivity index (χ2v) is 30.3. The maximum Gasteiger partial charge on any atom is 0.0701 e. The van der Waals surface area contributed by atoms with E-state index >= 15 is 0 Å². The Labute approximate surface area is 546 Å². The molecule has 0 unspecified atom stereocenters. The van der Waals surface area contributed by atoms with Crippen LogP contribution in [0.2, 0.25) is 0 Å². The molecule has 0 atom stereocenters. The molecule has 16 aromatic rings. The average Bonchev–Trinajstić information content (AvgIpc) is 1.75. The molecule has 0 spiro atoms. The quantitative estimate of drug-likeness (QED) is 0.135. The summed E-state index contributed by atoms with van der Waals surface area (Å²) in [4.78, 5) is 0. The predicted molar refractivity (Wildman–Crippen MR) is 397 cm³/mol. The molecule has 4 heteroatoms. The molecule has 0 N–H and O–H groups in total. The van der Waals surface area contributed by atoms with Crippen molar-refractivity contribution in [1.29, 1.82) is 0 Å². The highest BCUT2D eigenvalue weighted by molar-refractivity contribution is 6.12. The highest BCUT2D eigenvalue weighted by Crippen LogP contribution is 2.49. The van der Waals surface area contributed by atoms with Crippen LogP contribution < -0.4 is 0 Å². The molecular formula is C89H80N4. The molecule has 456 valence electrons. The number of aromatic nitrogens is 4. The summed E-state index contributed by atoms with van der Waals surface area (Å²) in [6.45, 7) is 27.7. The summed E-state index contributed by atoms with van der Waals surface area (Å²) in [7, 11) is 0. The molecule has 0 amide bonds. The second kappa shape index (κ2) is 20.9. The minimum atomic E-state index is -0.830. The smallest absolute Gasteiger partial charge is 0.0701 e. The Morgan fingerprint density at radius 1 is 0.172 bits per heavy atom. The van der Waals surface area contributed by atoms with Gasteiger partial charge in [-0.3, -0.25) is 0 Å². The summed E-state index contributed by atoms with van der Waals surface area (Å²) in [5, 5.41) is 10.1. The van der Waals surface area contributed by atoms with Gasteiger partial charge in [-0.05, 0) is 187 Å². The van der Waals surface area contributed by atoms with Gasteiger partial charge in [0, 0.05) is 65.8 Å². The predicted octanol–water partition coefficient (Wildman–Crippen LogP) is 23.6. The van der Waals surface area contributed by atoms with E-state index in [0.29, 0.717) is 0 Å². The Kier molecular flexibility index (Phi) is 13.0. The van der Waals surface area contributed by atoms with E-state index in [1.54, 1.807) is 0 Å². The summed E-state index contributed by atoms with van der Waals surface area (Å²) in [5.41, 5.74) is 23.2. The molecule has 4 nitrogen and oxygen atoms in total. The molecular weight excluding hydrogens is 1130 g/mol. The van der Waals surface area contributed by atoms with Crippen molar-refractivity contribution in [2.24, 2.45) is 0 Å². The number of rotatable bonds is 8. The van der Waals surface area contributed by atoms with Crippen molar-refractivity contribution < 1.29 is 0 Å². The third-order valence-corrected chi connectivity index (χ3v) is 20.4. The highest BCUT2D eigenvalue weighted by Gasteiger charge is 2.39. The monoisotopic (exact) mass is 1200 g/mol. The van der Waals surface area contributed by atoms with E-state index in [0.717, 1.165) is 22.7 Å². The van der Waals surface area contributed by atoms with Gasteiger partial charge < -0.3 is 18.3 Å². The summed E-state index contributed by atoms with van der Waals surface area (Å²) in [6.07, 6.45) is 0. The molecule has 0 bridgehead atoms. The van der Waals surface area contributed by atoms with Crippen molar-refractivity contribution in [2.45, 2.75) is 110 Å². The number of para-hydroxylation sites is 4. The van der Waals surface area contributed by atoms with Crippen molar-refractivity contribution in [3.05, 3.63) is 311 Å². The lowest BCUT2D eigenvalue weighted by atomic mass is 9.65. The zero-order valence-electron chi connectivity index (χ0n) is 55.7. The zero-order valence-corrected chi connectivity index (χ0v) is 55.7. The van der Waals surface area contributed by atoms with E-state index in [2.05, 4.69) is 368 Å². The van der Waals surface area contributed by atoms with Gasteiger partial charge in [0.15, 0.2) is 0 Å². The van der Waals surface area contributed by atoms with E-state index in [1.807, 2.05) is 0 Å². The van der Waals surface area contributed by atoms with Crippen LogP contribution in [0.25, 0.3) is 110 Å². The van der Waals surface area contributed by atoms with E-state index in [4.69, 9.17) is 0 Å². The zero-order chi connectivity index (χ0) is 64.1. The van der Waals surface area contributed by atoms with E-state index < -0.39 is 5.41 Å². The number of nitrogens with zero attached hydrogens (tertiary/aromatic N) is 4. The van der Waals surface area contributed by atoms with Gasteiger partial charge >= 0.3 is 0 Å². The van der Waals surface area contributed by atoms with Crippen LogP contribution in [0.1, 0.15) is 128 Å². The fraction of sp³-hybridized carbons (Fsp3) is 0.191. The molecule has 0 saturated carbocycles. The normalized spacial score (nSPS) is 12.9. The number of benzene rings is 12. The van der Waals surface area contributed by atoms with Crippen LogP contribution in [0.4, 0.5) is 0 Å². The first-order valence-corrected chi connectivity index (χ1v) is 33.2. The van der Waals surface area contributed by atoms with Crippen LogP contribution in [0.5, 0.6) is 0 Å². The Balaban J connectivity index is 0.944. The van der Waals surface area contributed by atoms with Crippen LogP contribution in [0.3, 0.4) is 0 Å². The molecule has 12 aromatic carbocycles. The average molecular weight is 1210 g/mol. The molecule has 0 radical (unpaired) electrons. The SMILES string of the molecule is CC(C)(C)c1ccc2c(c1)c1ccccc1n2-c1ccc(C(c2ccc(-n3c4ccccc4c4cc(C(C)(C)C)ccc43)cc2)(c2ccc(-n3c4ccccc4c4cc(C(C)(C)C)ccc43)cc2)c2ccc(-n3c4ccccc4c4cc(C(C)(C)C)ccc43)cc2)cc1. The Hall–Kier alpha value is -10.2. The van der Waals surface area contributed by atoms with E-state index in [9.17, 15) is 0 Å². The molecule has 0 aliphatic carbocycles. The van der Waals surface area contributed by atoms with Gasteiger partial charge in [0.05, 0.1) is 49.5 Å². The second-order valence-electron chi connectivity index (χ2n) is 30.3. The maximum absolute atomic E-state index is 2.46. The third kappa shape index (κ3) is 9.22. The van der Waals surface area contributed by atoms with Crippen molar-refractivity contribution in [2.75, 3.05) is 0 Å². The van der Waals surface area contributed by atoms with Crippen molar-refractivity contribution in [1.82, 2.24) is 18.3 Å². The molecule has 0 fully saturated rings. The number of hydrogen-bond donors (Lipinski definition) is 0.